The second-order valence-corrected chi connectivity index (χ2v) is 4.05. The number of aromatic nitrogens is 3. The third kappa shape index (κ3) is 2.37. The third-order valence-electron chi connectivity index (χ3n) is 2.73. The SMILES string of the molecule is COC(=O)c1c(C)nc(-c2ncccc2C)nc1N. The minimum atomic E-state index is -0.542. The average Bonchev–Trinajstić information content (AvgIpc) is 2.38. The van der Waals surface area contributed by atoms with E-state index in [0.717, 1.165) is 5.56 Å². The molecule has 0 saturated carbocycles. The van der Waals surface area contributed by atoms with Crippen LogP contribution in [0, 0.1) is 13.8 Å². The highest BCUT2D eigenvalue weighted by molar-refractivity contribution is 5.95. The van der Waals surface area contributed by atoms with Crippen LogP contribution < -0.4 is 5.73 Å². The van der Waals surface area contributed by atoms with Crippen LogP contribution in [-0.4, -0.2) is 28.0 Å². The molecule has 0 radical (unpaired) electrons. The van der Waals surface area contributed by atoms with E-state index in [1.54, 1.807) is 13.1 Å². The highest BCUT2D eigenvalue weighted by Gasteiger charge is 2.18. The molecule has 98 valence electrons. The molecule has 6 nitrogen and oxygen atoms in total. The summed E-state index contributed by atoms with van der Waals surface area (Å²) in [7, 11) is 1.29. The van der Waals surface area contributed by atoms with Crippen molar-refractivity contribution in [2.75, 3.05) is 12.8 Å². The topological polar surface area (TPSA) is 91.0 Å². The highest BCUT2D eigenvalue weighted by atomic mass is 16.5. The molecular formula is C13H14N4O2. The van der Waals surface area contributed by atoms with Crippen molar-refractivity contribution in [3.63, 3.8) is 0 Å². The molecule has 2 aromatic heterocycles. The summed E-state index contributed by atoms with van der Waals surface area (Å²) in [6, 6.07) is 3.74. The van der Waals surface area contributed by atoms with E-state index in [1.807, 2.05) is 19.1 Å². The van der Waals surface area contributed by atoms with E-state index >= 15 is 0 Å². The van der Waals surface area contributed by atoms with Crippen LogP contribution in [0.5, 0.6) is 0 Å². The summed E-state index contributed by atoms with van der Waals surface area (Å²) in [4.78, 5) is 24.2. The number of carbonyl (C=O) groups is 1. The third-order valence-corrected chi connectivity index (χ3v) is 2.73. The summed E-state index contributed by atoms with van der Waals surface area (Å²) >= 11 is 0. The molecule has 0 atom stereocenters. The van der Waals surface area contributed by atoms with E-state index in [0.29, 0.717) is 17.2 Å². The van der Waals surface area contributed by atoms with Crippen LogP contribution in [0.2, 0.25) is 0 Å². The summed E-state index contributed by atoms with van der Waals surface area (Å²) < 4.78 is 4.65. The van der Waals surface area contributed by atoms with Gasteiger partial charge in [0.1, 0.15) is 17.1 Å². The van der Waals surface area contributed by atoms with Gasteiger partial charge in [-0.2, -0.15) is 0 Å². The zero-order valence-electron chi connectivity index (χ0n) is 11.0. The quantitative estimate of drug-likeness (QED) is 0.821. The van der Waals surface area contributed by atoms with Crippen LogP contribution in [0.4, 0.5) is 5.82 Å². The minimum Gasteiger partial charge on any atom is -0.465 e. The van der Waals surface area contributed by atoms with Gasteiger partial charge in [0.05, 0.1) is 12.8 Å². The normalized spacial score (nSPS) is 10.3. The van der Waals surface area contributed by atoms with Crippen LogP contribution in [0.15, 0.2) is 18.3 Å². The zero-order valence-corrected chi connectivity index (χ0v) is 11.0. The van der Waals surface area contributed by atoms with Gasteiger partial charge in [-0.3, -0.25) is 4.98 Å². The number of carbonyl (C=O) groups excluding carboxylic acids is 1. The molecule has 2 heterocycles. The van der Waals surface area contributed by atoms with Crippen LogP contribution in [0.25, 0.3) is 11.5 Å². The summed E-state index contributed by atoms with van der Waals surface area (Å²) in [5.41, 5.74) is 8.06. The zero-order chi connectivity index (χ0) is 14.0. The lowest BCUT2D eigenvalue weighted by atomic mass is 10.2. The van der Waals surface area contributed by atoms with Crippen LogP contribution in [0.1, 0.15) is 21.6 Å². The van der Waals surface area contributed by atoms with Crippen molar-refractivity contribution in [3.8, 4) is 11.5 Å². The van der Waals surface area contributed by atoms with Crippen LogP contribution >= 0.6 is 0 Å². The first kappa shape index (κ1) is 12.9. The van der Waals surface area contributed by atoms with E-state index in [4.69, 9.17) is 5.73 Å². The molecule has 0 spiro atoms. The molecule has 0 fully saturated rings. The number of rotatable bonds is 2. The molecule has 0 aliphatic carbocycles. The fourth-order valence-corrected chi connectivity index (χ4v) is 1.78. The first-order valence-corrected chi connectivity index (χ1v) is 5.69. The fourth-order valence-electron chi connectivity index (χ4n) is 1.78. The number of hydrogen-bond donors (Lipinski definition) is 1. The first-order chi connectivity index (χ1) is 9.04. The van der Waals surface area contributed by atoms with Gasteiger partial charge >= 0.3 is 5.97 Å². The maximum atomic E-state index is 11.6. The Bertz CT molecular complexity index is 617. The number of esters is 1. The average molecular weight is 258 g/mol. The number of pyridine rings is 1. The number of methoxy groups -OCH3 is 1. The minimum absolute atomic E-state index is 0.0967. The van der Waals surface area contributed by atoms with Gasteiger partial charge in [0.25, 0.3) is 0 Å². The van der Waals surface area contributed by atoms with Crippen LogP contribution in [0.3, 0.4) is 0 Å². The number of anilines is 1. The summed E-state index contributed by atoms with van der Waals surface area (Å²) in [5.74, 6) is -0.0422. The second-order valence-electron chi connectivity index (χ2n) is 4.05. The van der Waals surface area contributed by atoms with E-state index in [2.05, 4.69) is 19.7 Å². The summed E-state index contributed by atoms with van der Waals surface area (Å²) in [6.45, 7) is 3.59. The van der Waals surface area contributed by atoms with E-state index < -0.39 is 5.97 Å². The molecule has 0 amide bonds. The van der Waals surface area contributed by atoms with Gasteiger partial charge in [-0.05, 0) is 25.5 Å². The molecule has 2 N–H and O–H groups in total. The van der Waals surface area contributed by atoms with E-state index in [-0.39, 0.29) is 11.4 Å². The predicted octanol–water partition coefficient (Wildman–Crippen LogP) is 1.52. The Morgan fingerprint density at radius 3 is 2.63 bits per heavy atom. The Hall–Kier alpha value is -2.50. The van der Waals surface area contributed by atoms with E-state index in [1.165, 1.54) is 7.11 Å². The number of hydrogen-bond acceptors (Lipinski definition) is 6. The molecule has 19 heavy (non-hydrogen) atoms. The van der Waals surface area contributed by atoms with Crippen molar-refractivity contribution in [2.24, 2.45) is 0 Å². The number of nitrogen functional groups attached to an aromatic ring is 1. The molecule has 0 aliphatic heterocycles. The number of aryl methyl sites for hydroxylation is 2. The molecule has 0 unspecified atom stereocenters. The summed E-state index contributed by atoms with van der Waals surface area (Å²) in [5, 5.41) is 0. The molecule has 2 rings (SSSR count). The second kappa shape index (κ2) is 5.01. The monoisotopic (exact) mass is 258 g/mol. The van der Waals surface area contributed by atoms with Crippen molar-refractivity contribution in [2.45, 2.75) is 13.8 Å². The molecule has 0 saturated heterocycles. The number of nitrogens with two attached hydrogens (primary N) is 1. The van der Waals surface area contributed by atoms with Gasteiger partial charge in [0, 0.05) is 6.20 Å². The van der Waals surface area contributed by atoms with Crippen molar-refractivity contribution in [3.05, 3.63) is 35.2 Å². The first-order valence-electron chi connectivity index (χ1n) is 5.69. The van der Waals surface area contributed by atoms with Gasteiger partial charge in [-0.25, -0.2) is 14.8 Å². The van der Waals surface area contributed by atoms with Gasteiger partial charge in [0.2, 0.25) is 0 Å². The molecule has 0 aromatic carbocycles. The Balaban J connectivity index is 2.58. The lowest BCUT2D eigenvalue weighted by Crippen LogP contribution is -2.12. The lowest BCUT2D eigenvalue weighted by Gasteiger charge is -2.09. The number of ether oxygens (including phenoxy) is 1. The highest BCUT2D eigenvalue weighted by Crippen LogP contribution is 2.21. The Morgan fingerprint density at radius 1 is 1.32 bits per heavy atom. The smallest absolute Gasteiger partial charge is 0.343 e. The molecule has 0 aliphatic rings. The molecular weight excluding hydrogens is 244 g/mol. The standard InChI is InChI=1S/C13H14N4O2/c1-7-5-4-6-15-10(7)12-16-8(2)9(11(14)17-12)13(18)19-3/h4-6H,1-3H3,(H2,14,16,17). The fraction of sp³-hybridized carbons (Fsp3) is 0.231. The predicted molar refractivity (Wildman–Crippen MR) is 70.5 cm³/mol. The number of nitrogens with zero attached hydrogens (tertiary/aromatic N) is 3. The molecule has 6 heteroatoms. The van der Waals surface area contributed by atoms with Gasteiger partial charge < -0.3 is 10.5 Å². The maximum Gasteiger partial charge on any atom is 0.343 e. The lowest BCUT2D eigenvalue weighted by molar-refractivity contribution is 0.0600. The van der Waals surface area contributed by atoms with Crippen LogP contribution in [-0.2, 0) is 4.74 Å². The summed E-state index contributed by atoms with van der Waals surface area (Å²) in [6.07, 6.45) is 1.66. The maximum absolute atomic E-state index is 11.6. The van der Waals surface area contributed by atoms with E-state index in [9.17, 15) is 4.79 Å². The Morgan fingerprint density at radius 2 is 2.05 bits per heavy atom. The van der Waals surface area contributed by atoms with Crippen molar-refractivity contribution in [1.82, 2.24) is 15.0 Å². The van der Waals surface area contributed by atoms with Crippen molar-refractivity contribution in [1.29, 1.82) is 0 Å². The largest absolute Gasteiger partial charge is 0.465 e. The van der Waals surface area contributed by atoms with Gasteiger partial charge in [-0.15, -0.1) is 0 Å². The van der Waals surface area contributed by atoms with Gasteiger partial charge in [0.15, 0.2) is 5.82 Å². The molecule has 2 aromatic rings. The van der Waals surface area contributed by atoms with Crippen molar-refractivity contribution >= 4 is 11.8 Å². The molecule has 0 bridgehead atoms. The Labute approximate surface area is 110 Å². The Kier molecular flexibility index (Phi) is 3.41. The van der Waals surface area contributed by atoms with Gasteiger partial charge in [-0.1, -0.05) is 6.07 Å². The van der Waals surface area contributed by atoms with Crippen molar-refractivity contribution < 1.29 is 9.53 Å².